The molecular formula is C9H9N3OS. The van der Waals surface area contributed by atoms with Crippen LogP contribution in [-0.2, 0) is 13.1 Å². The molecular weight excluding hydrogens is 198 g/mol. The van der Waals surface area contributed by atoms with E-state index in [0.29, 0.717) is 0 Å². The fraction of sp³-hybridized carbons (Fsp3) is 0.333. The Morgan fingerprint density at radius 1 is 1.50 bits per heavy atom. The molecule has 0 saturated carbocycles. The Bertz CT molecular complexity index is 474. The summed E-state index contributed by atoms with van der Waals surface area (Å²) < 4.78 is 5.32. The van der Waals surface area contributed by atoms with Crippen LogP contribution >= 0.6 is 11.3 Å². The minimum Gasteiger partial charge on any atom is -0.354 e. The van der Waals surface area contributed by atoms with Crippen LogP contribution in [0.15, 0.2) is 10.0 Å². The maximum Gasteiger partial charge on any atom is 0.191 e. The highest BCUT2D eigenvalue weighted by atomic mass is 32.1. The standard InChI is InChI=1S/C9H9N3OS/c1-5-8(11-4-14-5)9-6-2-10-3-7(6)12-13-9/h4,10H,2-3H2,1H3. The number of hydrogen-bond donors (Lipinski definition) is 1. The van der Waals surface area contributed by atoms with E-state index in [2.05, 4.69) is 15.5 Å². The second kappa shape index (κ2) is 2.90. The summed E-state index contributed by atoms with van der Waals surface area (Å²) >= 11 is 1.63. The van der Waals surface area contributed by atoms with Crippen LogP contribution in [0.4, 0.5) is 0 Å². The number of nitrogens with one attached hydrogen (secondary N) is 1. The van der Waals surface area contributed by atoms with Crippen molar-refractivity contribution in [1.82, 2.24) is 15.5 Å². The molecule has 1 N–H and O–H groups in total. The highest BCUT2D eigenvalue weighted by Crippen LogP contribution is 2.31. The average molecular weight is 207 g/mol. The lowest BCUT2D eigenvalue weighted by atomic mass is 10.2. The number of fused-ring (bicyclic) bond motifs is 1. The molecule has 0 atom stereocenters. The highest BCUT2D eigenvalue weighted by molar-refractivity contribution is 7.10. The first-order valence-electron chi connectivity index (χ1n) is 4.45. The van der Waals surface area contributed by atoms with E-state index in [4.69, 9.17) is 4.52 Å². The summed E-state index contributed by atoms with van der Waals surface area (Å²) in [5.41, 5.74) is 4.96. The van der Waals surface area contributed by atoms with Gasteiger partial charge in [-0.1, -0.05) is 5.16 Å². The van der Waals surface area contributed by atoms with Crippen LogP contribution in [0.5, 0.6) is 0 Å². The Balaban J connectivity index is 2.17. The number of aryl methyl sites for hydroxylation is 1. The number of aromatic nitrogens is 2. The molecule has 0 aliphatic carbocycles. The molecule has 72 valence electrons. The quantitative estimate of drug-likeness (QED) is 0.773. The molecule has 5 heteroatoms. The molecule has 2 aromatic heterocycles. The van der Waals surface area contributed by atoms with E-state index in [1.54, 1.807) is 11.3 Å². The molecule has 0 amide bonds. The number of rotatable bonds is 1. The fourth-order valence-electron chi connectivity index (χ4n) is 1.68. The summed E-state index contributed by atoms with van der Waals surface area (Å²) in [4.78, 5) is 5.47. The molecule has 4 nitrogen and oxygen atoms in total. The topological polar surface area (TPSA) is 51.0 Å². The molecule has 3 rings (SSSR count). The van der Waals surface area contributed by atoms with Crippen molar-refractivity contribution in [2.75, 3.05) is 0 Å². The summed E-state index contributed by atoms with van der Waals surface area (Å²) in [5, 5.41) is 7.26. The first-order chi connectivity index (χ1) is 6.86. The third kappa shape index (κ3) is 1.03. The number of thiazole rings is 1. The van der Waals surface area contributed by atoms with Crippen molar-refractivity contribution in [2.45, 2.75) is 20.0 Å². The molecule has 1 aliphatic heterocycles. The third-order valence-corrected chi connectivity index (χ3v) is 3.18. The SMILES string of the molecule is Cc1scnc1-c1onc2c1CNC2. The predicted octanol–water partition coefficient (Wildman–Crippen LogP) is 1.71. The molecule has 0 fully saturated rings. The minimum atomic E-state index is 0.808. The lowest BCUT2D eigenvalue weighted by molar-refractivity contribution is 0.416. The molecule has 14 heavy (non-hydrogen) atoms. The van der Waals surface area contributed by atoms with Gasteiger partial charge in [0, 0.05) is 23.5 Å². The van der Waals surface area contributed by atoms with E-state index >= 15 is 0 Å². The Morgan fingerprint density at radius 2 is 2.43 bits per heavy atom. The zero-order chi connectivity index (χ0) is 9.54. The van der Waals surface area contributed by atoms with Crippen LogP contribution in [0.1, 0.15) is 16.1 Å². The summed E-state index contributed by atoms with van der Waals surface area (Å²) in [6, 6.07) is 0. The largest absolute Gasteiger partial charge is 0.354 e. The maximum atomic E-state index is 5.32. The average Bonchev–Trinajstić information content (AvgIpc) is 2.78. The van der Waals surface area contributed by atoms with Crippen LogP contribution in [-0.4, -0.2) is 10.1 Å². The smallest absolute Gasteiger partial charge is 0.191 e. The first-order valence-corrected chi connectivity index (χ1v) is 5.33. The van der Waals surface area contributed by atoms with Gasteiger partial charge in [-0.05, 0) is 6.92 Å². The molecule has 2 aromatic rings. The monoisotopic (exact) mass is 207 g/mol. The van der Waals surface area contributed by atoms with Gasteiger partial charge in [-0.15, -0.1) is 11.3 Å². The summed E-state index contributed by atoms with van der Waals surface area (Å²) in [5.74, 6) is 0.837. The molecule has 0 unspecified atom stereocenters. The maximum absolute atomic E-state index is 5.32. The lowest BCUT2D eigenvalue weighted by Crippen LogP contribution is -2.02. The van der Waals surface area contributed by atoms with Gasteiger partial charge in [0.25, 0.3) is 0 Å². The van der Waals surface area contributed by atoms with E-state index < -0.39 is 0 Å². The van der Waals surface area contributed by atoms with Crippen molar-refractivity contribution < 1.29 is 4.52 Å². The molecule has 0 aromatic carbocycles. The minimum absolute atomic E-state index is 0.808. The van der Waals surface area contributed by atoms with Gasteiger partial charge in [0.15, 0.2) is 5.76 Å². The lowest BCUT2D eigenvalue weighted by Gasteiger charge is -1.94. The predicted molar refractivity (Wildman–Crippen MR) is 52.9 cm³/mol. The van der Waals surface area contributed by atoms with Gasteiger partial charge in [-0.25, -0.2) is 4.98 Å². The number of nitrogens with zero attached hydrogens (tertiary/aromatic N) is 2. The molecule has 0 radical (unpaired) electrons. The van der Waals surface area contributed by atoms with Crippen molar-refractivity contribution in [1.29, 1.82) is 0 Å². The Labute approximate surface area is 85.0 Å². The van der Waals surface area contributed by atoms with Gasteiger partial charge >= 0.3 is 0 Å². The van der Waals surface area contributed by atoms with Crippen molar-refractivity contribution >= 4 is 11.3 Å². The van der Waals surface area contributed by atoms with E-state index in [9.17, 15) is 0 Å². The van der Waals surface area contributed by atoms with Gasteiger partial charge in [-0.3, -0.25) is 0 Å². The van der Waals surface area contributed by atoms with Gasteiger partial charge in [0.2, 0.25) is 0 Å². The van der Waals surface area contributed by atoms with Crippen molar-refractivity contribution in [3.8, 4) is 11.5 Å². The van der Waals surface area contributed by atoms with Crippen LogP contribution in [0.3, 0.4) is 0 Å². The van der Waals surface area contributed by atoms with Crippen molar-refractivity contribution in [3.63, 3.8) is 0 Å². The van der Waals surface area contributed by atoms with Crippen LogP contribution in [0.25, 0.3) is 11.5 Å². The van der Waals surface area contributed by atoms with Crippen LogP contribution < -0.4 is 5.32 Å². The summed E-state index contributed by atoms with van der Waals surface area (Å²) in [7, 11) is 0. The molecule has 0 spiro atoms. The molecule has 0 saturated heterocycles. The second-order valence-electron chi connectivity index (χ2n) is 3.30. The number of hydrogen-bond acceptors (Lipinski definition) is 5. The van der Waals surface area contributed by atoms with E-state index in [-0.39, 0.29) is 0 Å². The highest BCUT2D eigenvalue weighted by Gasteiger charge is 2.23. The van der Waals surface area contributed by atoms with E-state index in [1.807, 2.05) is 12.4 Å². The van der Waals surface area contributed by atoms with E-state index in [0.717, 1.165) is 30.2 Å². The Hall–Kier alpha value is -1.20. The zero-order valence-electron chi connectivity index (χ0n) is 7.70. The third-order valence-electron chi connectivity index (χ3n) is 2.42. The zero-order valence-corrected chi connectivity index (χ0v) is 8.52. The van der Waals surface area contributed by atoms with Gasteiger partial charge in [-0.2, -0.15) is 0 Å². The molecule has 3 heterocycles. The van der Waals surface area contributed by atoms with Gasteiger partial charge in [0.05, 0.1) is 5.51 Å². The Kier molecular flexibility index (Phi) is 1.68. The summed E-state index contributed by atoms with van der Waals surface area (Å²) in [6.45, 7) is 3.69. The first kappa shape index (κ1) is 8.14. The second-order valence-corrected chi connectivity index (χ2v) is 4.36. The van der Waals surface area contributed by atoms with Crippen molar-refractivity contribution in [2.24, 2.45) is 0 Å². The summed E-state index contributed by atoms with van der Waals surface area (Å²) in [6.07, 6.45) is 0. The van der Waals surface area contributed by atoms with Crippen molar-refractivity contribution in [3.05, 3.63) is 21.6 Å². The fourth-order valence-corrected chi connectivity index (χ4v) is 2.25. The van der Waals surface area contributed by atoms with Gasteiger partial charge in [0.1, 0.15) is 11.4 Å². The van der Waals surface area contributed by atoms with Gasteiger partial charge < -0.3 is 9.84 Å². The Morgan fingerprint density at radius 3 is 3.21 bits per heavy atom. The van der Waals surface area contributed by atoms with E-state index in [1.165, 1.54) is 10.4 Å². The molecule has 0 bridgehead atoms. The normalized spacial score (nSPS) is 14.6. The van der Waals surface area contributed by atoms with Crippen LogP contribution in [0, 0.1) is 6.92 Å². The van der Waals surface area contributed by atoms with Crippen LogP contribution in [0.2, 0.25) is 0 Å². The molecule has 1 aliphatic rings.